The van der Waals surface area contributed by atoms with Gasteiger partial charge in [0.1, 0.15) is 0 Å². The highest BCUT2D eigenvalue weighted by molar-refractivity contribution is 7.16. The quantitative estimate of drug-likeness (QED) is 0.893. The Kier molecular flexibility index (Phi) is 3.36. The zero-order valence-electron chi connectivity index (χ0n) is 8.06. The first-order chi connectivity index (χ1) is 7.25. The standard InChI is InChI=1S/C11H11ClN2S/c12-11-4-3-10(15-11)9(13)6-8-2-1-5-14-7-8/h1-5,7,9H,6,13H2. The van der Waals surface area contributed by atoms with Gasteiger partial charge in [0.15, 0.2) is 0 Å². The summed E-state index contributed by atoms with van der Waals surface area (Å²) in [5.41, 5.74) is 7.21. The molecule has 15 heavy (non-hydrogen) atoms. The van der Waals surface area contributed by atoms with E-state index in [2.05, 4.69) is 4.98 Å². The van der Waals surface area contributed by atoms with E-state index in [1.165, 1.54) is 11.3 Å². The highest BCUT2D eigenvalue weighted by Crippen LogP contribution is 2.27. The minimum absolute atomic E-state index is 0.00620. The molecule has 0 radical (unpaired) electrons. The number of halogens is 1. The first-order valence-electron chi connectivity index (χ1n) is 4.65. The average Bonchev–Trinajstić information content (AvgIpc) is 2.66. The fourth-order valence-corrected chi connectivity index (χ4v) is 2.46. The highest BCUT2D eigenvalue weighted by Gasteiger charge is 2.09. The molecule has 4 heteroatoms. The topological polar surface area (TPSA) is 38.9 Å². The second-order valence-corrected chi connectivity index (χ2v) is 5.06. The van der Waals surface area contributed by atoms with Crippen LogP contribution in [0.5, 0.6) is 0 Å². The molecule has 0 saturated carbocycles. The van der Waals surface area contributed by atoms with Crippen LogP contribution < -0.4 is 5.73 Å². The van der Waals surface area contributed by atoms with Gasteiger partial charge < -0.3 is 5.73 Å². The molecule has 2 N–H and O–H groups in total. The minimum Gasteiger partial charge on any atom is -0.323 e. The van der Waals surface area contributed by atoms with E-state index in [9.17, 15) is 0 Å². The van der Waals surface area contributed by atoms with E-state index >= 15 is 0 Å². The number of nitrogens with two attached hydrogens (primary N) is 1. The van der Waals surface area contributed by atoms with Crippen molar-refractivity contribution in [1.82, 2.24) is 4.98 Å². The van der Waals surface area contributed by atoms with Crippen LogP contribution in [-0.2, 0) is 6.42 Å². The van der Waals surface area contributed by atoms with Crippen LogP contribution in [0.4, 0.5) is 0 Å². The predicted molar refractivity (Wildman–Crippen MR) is 64.2 cm³/mol. The van der Waals surface area contributed by atoms with Gasteiger partial charge in [-0.2, -0.15) is 0 Å². The van der Waals surface area contributed by atoms with Crippen molar-refractivity contribution in [2.24, 2.45) is 5.73 Å². The van der Waals surface area contributed by atoms with Crippen LogP contribution in [0, 0.1) is 0 Å². The molecule has 2 rings (SSSR count). The van der Waals surface area contributed by atoms with Crippen molar-refractivity contribution in [3.63, 3.8) is 0 Å². The second-order valence-electron chi connectivity index (χ2n) is 3.31. The van der Waals surface area contributed by atoms with Gasteiger partial charge in [0.05, 0.1) is 4.34 Å². The van der Waals surface area contributed by atoms with Gasteiger partial charge in [0.25, 0.3) is 0 Å². The molecule has 0 bridgehead atoms. The normalized spacial score (nSPS) is 12.7. The molecule has 2 aromatic heterocycles. The van der Waals surface area contributed by atoms with E-state index in [1.807, 2.05) is 30.5 Å². The third-order valence-corrected chi connectivity index (χ3v) is 3.50. The molecular formula is C11H11ClN2S. The van der Waals surface area contributed by atoms with E-state index in [-0.39, 0.29) is 6.04 Å². The van der Waals surface area contributed by atoms with Gasteiger partial charge in [-0.05, 0) is 30.2 Å². The summed E-state index contributed by atoms with van der Waals surface area (Å²) in [5.74, 6) is 0. The van der Waals surface area contributed by atoms with E-state index < -0.39 is 0 Å². The molecule has 0 aliphatic carbocycles. The summed E-state index contributed by atoms with van der Waals surface area (Å²) in [7, 11) is 0. The number of rotatable bonds is 3. The molecule has 0 aromatic carbocycles. The third-order valence-electron chi connectivity index (χ3n) is 2.14. The van der Waals surface area contributed by atoms with Crippen molar-refractivity contribution < 1.29 is 0 Å². The summed E-state index contributed by atoms with van der Waals surface area (Å²) in [6.07, 6.45) is 4.40. The van der Waals surface area contributed by atoms with Gasteiger partial charge >= 0.3 is 0 Å². The summed E-state index contributed by atoms with van der Waals surface area (Å²) in [4.78, 5) is 5.17. The molecule has 0 amide bonds. The van der Waals surface area contributed by atoms with Gasteiger partial charge in [0, 0.05) is 23.3 Å². The summed E-state index contributed by atoms with van der Waals surface area (Å²) in [6.45, 7) is 0. The first-order valence-corrected chi connectivity index (χ1v) is 5.85. The van der Waals surface area contributed by atoms with Crippen molar-refractivity contribution in [3.05, 3.63) is 51.4 Å². The maximum atomic E-state index is 6.06. The van der Waals surface area contributed by atoms with Gasteiger partial charge in [-0.25, -0.2) is 0 Å². The Morgan fingerprint density at radius 1 is 1.40 bits per heavy atom. The fraction of sp³-hybridized carbons (Fsp3) is 0.182. The Bertz CT molecular complexity index is 427. The lowest BCUT2D eigenvalue weighted by Gasteiger charge is -2.08. The Morgan fingerprint density at radius 3 is 2.87 bits per heavy atom. The average molecular weight is 239 g/mol. The Balaban J connectivity index is 2.07. The summed E-state index contributed by atoms with van der Waals surface area (Å²) < 4.78 is 0.784. The third kappa shape index (κ3) is 2.78. The van der Waals surface area contributed by atoms with Gasteiger partial charge in [-0.3, -0.25) is 4.98 Å². The molecule has 78 valence electrons. The summed E-state index contributed by atoms with van der Waals surface area (Å²) in [5, 5.41) is 0. The van der Waals surface area contributed by atoms with E-state index in [0.29, 0.717) is 0 Å². The van der Waals surface area contributed by atoms with Crippen LogP contribution in [0.15, 0.2) is 36.7 Å². The lowest BCUT2D eigenvalue weighted by Crippen LogP contribution is -2.11. The molecule has 0 fully saturated rings. The van der Waals surface area contributed by atoms with Gasteiger partial charge in [0.2, 0.25) is 0 Å². The van der Waals surface area contributed by atoms with Crippen LogP contribution in [-0.4, -0.2) is 4.98 Å². The van der Waals surface area contributed by atoms with Crippen LogP contribution >= 0.6 is 22.9 Å². The molecule has 2 heterocycles. The summed E-state index contributed by atoms with van der Waals surface area (Å²) in [6, 6.07) is 7.82. The molecule has 2 nitrogen and oxygen atoms in total. The van der Waals surface area contributed by atoms with Crippen molar-refractivity contribution in [3.8, 4) is 0 Å². The molecular weight excluding hydrogens is 228 g/mol. The van der Waals surface area contributed by atoms with Crippen LogP contribution in [0.2, 0.25) is 4.34 Å². The van der Waals surface area contributed by atoms with E-state index in [4.69, 9.17) is 17.3 Å². The van der Waals surface area contributed by atoms with Crippen molar-refractivity contribution in [2.45, 2.75) is 12.5 Å². The van der Waals surface area contributed by atoms with Crippen molar-refractivity contribution >= 4 is 22.9 Å². The zero-order chi connectivity index (χ0) is 10.7. The fourth-order valence-electron chi connectivity index (χ4n) is 1.40. The second kappa shape index (κ2) is 4.75. The highest BCUT2D eigenvalue weighted by atomic mass is 35.5. The maximum Gasteiger partial charge on any atom is 0.0931 e. The number of pyridine rings is 1. The van der Waals surface area contributed by atoms with E-state index in [1.54, 1.807) is 6.20 Å². The predicted octanol–water partition coefficient (Wildman–Crippen LogP) is 3.04. The molecule has 2 aromatic rings. The Morgan fingerprint density at radius 2 is 2.27 bits per heavy atom. The Hall–Kier alpha value is -0.900. The Labute approximate surface area is 97.7 Å². The zero-order valence-corrected chi connectivity index (χ0v) is 9.63. The number of hydrogen-bond acceptors (Lipinski definition) is 3. The monoisotopic (exact) mass is 238 g/mol. The lowest BCUT2D eigenvalue weighted by atomic mass is 10.1. The minimum atomic E-state index is 0.00620. The molecule has 1 atom stereocenters. The van der Waals surface area contributed by atoms with Gasteiger partial charge in [-0.15, -0.1) is 11.3 Å². The number of nitrogens with zero attached hydrogens (tertiary/aromatic N) is 1. The molecule has 1 unspecified atom stereocenters. The SMILES string of the molecule is NC(Cc1cccnc1)c1ccc(Cl)s1. The van der Waals surface area contributed by atoms with Crippen molar-refractivity contribution in [1.29, 1.82) is 0 Å². The molecule has 0 aliphatic rings. The number of thiophene rings is 1. The number of hydrogen-bond donors (Lipinski definition) is 1. The smallest absolute Gasteiger partial charge is 0.0931 e. The molecule has 0 saturated heterocycles. The summed E-state index contributed by atoms with van der Waals surface area (Å²) >= 11 is 7.39. The molecule has 0 aliphatic heterocycles. The maximum absolute atomic E-state index is 6.06. The molecule has 0 spiro atoms. The van der Waals surface area contributed by atoms with Crippen molar-refractivity contribution in [2.75, 3.05) is 0 Å². The van der Waals surface area contributed by atoms with E-state index in [0.717, 1.165) is 21.2 Å². The van der Waals surface area contributed by atoms with Crippen LogP contribution in [0.25, 0.3) is 0 Å². The largest absolute Gasteiger partial charge is 0.323 e. The first kappa shape index (κ1) is 10.6. The van der Waals surface area contributed by atoms with Crippen LogP contribution in [0.3, 0.4) is 0 Å². The van der Waals surface area contributed by atoms with Crippen LogP contribution in [0.1, 0.15) is 16.5 Å². The number of aromatic nitrogens is 1. The van der Waals surface area contributed by atoms with Gasteiger partial charge in [-0.1, -0.05) is 17.7 Å². The lowest BCUT2D eigenvalue weighted by molar-refractivity contribution is 0.734.